The van der Waals surface area contributed by atoms with Gasteiger partial charge in [-0.15, -0.1) is 0 Å². The highest BCUT2D eigenvalue weighted by Crippen LogP contribution is 2.05. The van der Waals surface area contributed by atoms with Gasteiger partial charge in [0, 0.05) is 26.1 Å². The van der Waals surface area contributed by atoms with Crippen molar-refractivity contribution in [1.82, 2.24) is 10.6 Å². The van der Waals surface area contributed by atoms with Gasteiger partial charge in [-0.25, -0.2) is 4.79 Å². The molecule has 2 amide bonds. The molecule has 0 aromatic heterocycles. The van der Waals surface area contributed by atoms with Gasteiger partial charge < -0.3 is 30.0 Å². The van der Waals surface area contributed by atoms with Crippen LogP contribution in [-0.4, -0.2) is 68.2 Å². The highest BCUT2D eigenvalue weighted by Gasteiger charge is 2.15. The fourth-order valence-corrected chi connectivity index (χ4v) is 1.56. The summed E-state index contributed by atoms with van der Waals surface area (Å²) >= 11 is 0. The molecule has 146 valence electrons. The van der Waals surface area contributed by atoms with Gasteiger partial charge in [0.25, 0.3) is 0 Å². The van der Waals surface area contributed by atoms with E-state index in [1.165, 1.54) is 0 Å². The second-order valence-electron chi connectivity index (χ2n) is 6.25. The topological polar surface area (TPSA) is 123 Å². The van der Waals surface area contributed by atoms with E-state index in [0.29, 0.717) is 32.7 Å². The molecule has 0 atom stereocenters. The van der Waals surface area contributed by atoms with Crippen LogP contribution in [0.25, 0.3) is 0 Å². The zero-order valence-corrected chi connectivity index (χ0v) is 15.3. The van der Waals surface area contributed by atoms with Crippen molar-refractivity contribution in [3.05, 3.63) is 0 Å². The van der Waals surface area contributed by atoms with Gasteiger partial charge in [0.1, 0.15) is 5.60 Å². The number of alkyl carbamates (subject to hydrolysis) is 1. The Bertz CT molecular complexity index is 408. The molecule has 0 rings (SSSR count). The Balaban J connectivity index is 3.38. The summed E-state index contributed by atoms with van der Waals surface area (Å²) < 4.78 is 15.4. The van der Waals surface area contributed by atoms with Crippen molar-refractivity contribution in [1.29, 1.82) is 0 Å². The normalized spacial score (nSPS) is 11.0. The number of carboxylic acid groups (broad SMARTS) is 1. The average molecular weight is 362 g/mol. The van der Waals surface area contributed by atoms with Gasteiger partial charge in [-0.3, -0.25) is 9.59 Å². The minimum Gasteiger partial charge on any atom is -0.481 e. The van der Waals surface area contributed by atoms with Crippen molar-refractivity contribution in [2.24, 2.45) is 0 Å². The molecule has 0 aliphatic heterocycles. The maximum Gasteiger partial charge on any atom is 0.407 e. The highest BCUT2D eigenvalue weighted by molar-refractivity contribution is 5.75. The molecule has 3 N–H and O–H groups in total. The molecule has 0 heterocycles. The number of rotatable bonds is 13. The second-order valence-corrected chi connectivity index (χ2v) is 6.25. The van der Waals surface area contributed by atoms with E-state index in [1.807, 2.05) is 0 Å². The van der Waals surface area contributed by atoms with Crippen molar-refractivity contribution < 1.29 is 33.7 Å². The van der Waals surface area contributed by atoms with Crippen molar-refractivity contribution in [2.75, 3.05) is 39.5 Å². The third kappa shape index (κ3) is 18.3. The third-order valence-electron chi connectivity index (χ3n) is 2.64. The molecule has 0 unspecified atom stereocenters. The van der Waals surface area contributed by atoms with Crippen molar-refractivity contribution in [3.63, 3.8) is 0 Å². The van der Waals surface area contributed by atoms with Crippen LogP contribution in [0.5, 0.6) is 0 Å². The quantitative estimate of drug-likeness (QED) is 0.416. The Hall–Kier alpha value is -1.87. The molecule has 9 heteroatoms. The monoisotopic (exact) mass is 362 g/mol. The van der Waals surface area contributed by atoms with Crippen molar-refractivity contribution in [2.45, 2.75) is 45.6 Å². The molecule has 0 aromatic carbocycles. The maximum absolute atomic E-state index is 11.5. The van der Waals surface area contributed by atoms with E-state index in [4.69, 9.17) is 19.3 Å². The summed E-state index contributed by atoms with van der Waals surface area (Å²) in [5.41, 5.74) is -0.537. The molecule has 25 heavy (non-hydrogen) atoms. The average Bonchev–Trinajstić information content (AvgIpc) is 2.47. The predicted molar refractivity (Wildman–Crippen MR) is 90.4 cm³/mol. The summed E-state index contributed by atoms with van der Waals surface area (Å²) in [6.07, 6.45) is 0.324. The van der Waals surface area contributed by atoms with E-state index in [9.17, 15) is 14.4 Å². The lowest BCUT2D eigenvalue weighted by molar-refractivity contribution is -0.138. The minimum atomic E-state index is -0.894. The summed E-state index contributed by atoms with van der Waals surface area (Å²) in [4.78, 5) is 33.1. The molecule has 0 fully saturated rings. The predicted octanol–water partition coefficient (Wildman–Crippen LogP) is 0.915. The molecule has 0 aliphatic rings. The number of carbonyl (C=O) groups is 3. The lowest BCUT2D eigenvalue weighted by Gasteiger charge is -2.19. The first-order valence-corrected chi connectivity index (χ1v) is 8.31. The number of hydrogen-bond acceptors (Lipinski definition) is 6. The van der Waals surface area contributed by atoms with E-state index in [0.717, 1.165) is 0 Å². The van der Waals surface area contributed by atoms with Crippen molar-refractivity contribution >= 4 is 18.0 Å². The molecule has 0 radical (unpaired) electrons. The molecule has 0 spiro atoms. The van der Waals surface area contributed by atoms with Crippen LogP contribution in [0.1, 0.15) is 40.0 Å². The van der Waals surface area contributed by atoms with Crippen LogP contribution < -0.4 is 10.6 Å². The van der Waals surface area contributed by atoms with Crippen LogP contribution >= 0.6 is 0 Å². The van der Waals surface area contributed by atoms with Crippen LogP contribution in [0.15, 0.2) is 0 Å². The molecule has 0 saturated carbocycles. The number of carboxylic acids is 1. The molecular formula is C16H30N2O7. The van der Waals surface area contributed by atoms with E-state index in [-0.39, 0.29) is 32.0 Å². The Kier molecular flexibility index (Phi) is 12.4. The lowest BCUT2D eigenvalue weighted by atomic mass is 10.2. The van der Waals surface area contributed by atoms with Gasteiger partial charge >= 0.3 is 12.1 Å². The molecule has 0 saturated heterocycles. The van der Waals surface area contributed by atoms with Crippen LogP contribution in [0.3, 0.4) is 0 Å². The Morgan fingerprint density at radius 2 is 1.52 bits per heavy atom. The van der Waals surface area contributed by atoms with Gasteiger partial charge in [0.2, 0.25) is 5.91 Å². The molecule has 0 aliphatic carbocycles. The molecule has 9 nitrogen and oxygen atoms in total. The fourth-order valence-electron chi connectivity index (χ4n) is 1.56. The maximum atomic E-state index is 11.5. The smallest absolute Gasteiger partial charge is 0.407 e. The summed E-state index contributed by atoms with van der Waals surface area (Å²) in [7, 11) is 0. The number of aliphatic carboxylic acids is 1. The fraction of sp³-hybridized carbons (Fsp3) is 0.812. The second kappa shape index (κ2) is 13.4. The lowest BCUT2D eigenvalue weighted by Crippen LogP contribution is -2.34. The number of amides is 2. The Labute approximate surface area is 148 Å². The summed E-state index contributed by atoms with van der Waals surface area (Å²) in [5.74, 6) is -1.03. The first-order chi connectivity index (χ1) is 11.7. The Morgan fingerprint density at radius 3 is 2.16 bits per heavy atom. The van der Waals surface area contributed by atoms with Gasteiger partial charge in [-0.05, 0) is 27.2 Å². The largest absolute Gasteiger partial charge is 0.481 e. The number of ether oxygens (including phenoxy) is 3. The van der Waals surface area contributed by atoms with Gasteiger partial charge in [-0.2, -0.15) is 0 Å². The highest BCUT2D eigenvalue weighted by atomic mass is 16.6. The third-order valence-corrected chi connectivity index (χ3v) is 2.64. The number of carbonyl (C=O) groups excluding carboxylic acids is 2. The van der Waals surface area contributed by atoms with Crippen molar-refractivity contribution in [3.8, 4) is 0 Å². The number of nitrogens with one attached hydrogen (secondary N) is 2. The molecular weight excluding hydrogens is 332 g/mol. The first kappa shape index (κ1) is 23.1. The SMILES string of the molecule is CC(C)(C)OC(=O)NCCOCCC(=O)NCCCOCCC(=O)O. The van der Waals surface area contributed by atoms with Crippen LogP contribution in [0, 0.1) is 0 Å². The first-order valence-electron chi connectivity index (χ1n) is 8.31. The van der Waals surface area contributed by atoms with Gasteiger partial charge in [0.15, 0.2) is 0 Å². The minimum absolute atomic E-state index is 0.0213. The van der Waals surface area contributed by atoms with Gasteiger partial charge in [0.05, 0.1) is 26.2 Å². The van der Waals surface area contributed by atoms with E-state index in [1.54, 1.807) is 20.8 Å². The van der Waals surface area contributed by atoms with E-state index in [2.05, 4.69) is 10.6 Å². The molecule has 0 bridgehead atoms. The summed E-state index contributed by atoms with van der Waals surface area (Å²) in [5, 5.41) is 13.7. The van der Waals surface area contributed by atoms with Crippen LogP contribution in [0.2, 0.25) is 0 Å². The van der Waals surface area contributed by atoms with Gasteiger partial charge in [-0.1, -0.05) is 0 Å². The summed E-state index contributed by atoms with van der Waals surface area (Å²) in [6, 6.07) is 0. The summed E-state index contributed by atoms with van der Waals surface area (Å²) in [6.45, 7) is 7.25. The van der Waals surface area contributed by atoms with E-state index < -0.39 is 17.7 Å². The van der Waals surface area contributed by atoms with Crippen LogP contribution in [-0.2, 0) is 23.8 Å². The van der Waals surface area contributed by atoms with E-state index >= 15 is 0 Å². The Morgan fingerprint density at radius 1 is 0.880 bits per heavy atom. The molecule has 0 aromatic rings. The zero-order valence-electron chi connectivity index (χ0n) is 15.3. The standard InChI is InChI=1S/C16H30N2O7/c1-16(2,3)25-15(22)18-8-12-24-10-5-13(19)17-7-4-9-23-11-6-14(20)21/h4-12H2,1-3H3,(H,17,19)(H,18,22)(H,20,21). The van der Waals surface area contributed by atoms with Crippen LogP contribution in [0.4, 0.5) is 4.79 Å². The zero-order chi connectivity index (χ0) is 19.1. The number of hydrogen-bond donors (Lipinski definition) is 3.